The number of nitrogens with zero attached hydrogens (tertiary/aromatic N) is 1. The Kier molecular flexibility index (Phi) is 5.09. The second-order valence-corrected chi connectivity index (χ2v) is 7.69. The van der Waals surface area contributed by atoms with Gasteiger partial charge >= 0.3 is 0 Å². The number of amides is 1. The van der Waals surface area contributed by atoms with Crippen LogP contribution in [-0.2, 0) is 4.79 Å². The normalized spacial score (nSPS) is 24.4. The number of carbonyl (C=O) groups excluding carboxylic acids is 1. The van der Waals surface area contributed by atoms with E-state index in [0.717, 1.165) is 25.3 Å². The van der Waals surface area contributed by atoms with E-state index in [1.807, 2.05) is 0 Å². The lowest BCUT2D eigenvalue weighted by Crippen LogP contribution is -2.42. The van der Waals surface area contributed by atoms with Crippen molar-refractivity contribution in [3.8, 4) is 0 Å². The predicted molar refractivity (Wildman–Crippen MR) is 92.4 cm³/mol. The summed E-state index contributed by atoms with van der Waals surface area (Å²) >= 11 is 1.80. The van der Waals surface area contributed by atoms with Gasteiger partial charge in [0.1, 0.15) is 0 Å². The van der Waals surface area contributed by atoms with E-state index in [-0.39, 0.29) is 0 Å². The van der Waals surface area contributed by atoms with Crippen LogP contribution in [0.1, 0.15) is 36.8 Å². The summed E-state index contributed by atoms with van der Waals surface area (Å²) in [6.45, 7) is 6.32. The summed E-state index contributed by atoms with van der Waals surface area (Å²) in [6, 6.07) is 7.48. The first-order valence-corrected chi connectivity index (χ1v) is 9.35. The largest absolute Gasteiger partial charge is 0.335 e. The quantitative estimate of drug-likeness (QED) is 0.866. The first-order valence-electron chi connectivity index (χ1n) is 8.37. The lowest BCUT2D eigenvalue weighted by atomic mass is 10.1. The van der Waals surface area contributed by atoms with Gasteiger partial charge in [-0.2, -0.15) is 0 Å². The summed E-state index contributed by atoms with van der Waals surface area (Å²) in [5.41, 5.74) is 2.65. The van der Waals surface area contributed by atoms with Crippen LogP contribution in [0.3, 0.4) is 0 Å². The highest BCUT2D eigenvalue weighted by Gasteiger charge is 2.37. The molecule has 2 aliphatic rings. The Morgan fingerprint density at radius 3 is 2.86 bits per heavy atom. The van der Waals surface area contributed by atoms with Crippen LogP contribution in [0.2, 0.25) is 0 Å². The van der Waals surface area contributed by atoms with Gasteiger partial charge in [0.15, 0.2) is 0 Å². The molecule has 0 aromatic heterocycles. The molecular weight excluding hydrogens is 292 g/mol. The molecule has 3 rings (SSSR count). The molecule has 2 unspecified atom stereocenters. The smallest absolute Gasteiger partial charge is 0.223 e. The fourth-order valence-corrected chi connectivity index (χ4v) is 4.52. The molecule has 2 bridgehead atoms. The summed E-state index contributed by atoms with van der Waals surface area (Å²) < 4.78 is 0. The molecule has 2 heterocycles. The third kappa shape index (κ3) is 3.49. The Morgan fingerprint density at radius 2 is 2.05 bits per heavy atom. The van der Waals surface area contributed by atoms with Crippen LogP contribution < -0.4 is 5.32 Å². The lowest BCUT2D eigenvalue weighted by Gasteiger charge is -2.28. The average Bonchev–Trinajstić information content (AvgIpc) is 2.76. The maximum atomic E-state index is 12.6. The molecule has 3 nitrogen and oxygen atoms in total. The Morgan fingerprint density at radius 1 is 1.23 bits per heavy atom. The molecule has 1 aromatic rings. The van der Waals surface area contributed by atoms with Gasteiger partial charge in [-0.3, -0.25) is 4.79 Å². The van der Waals surface area contributed by atoms with E-state index in [2.05, 4.69) is 42.3 Å². The van der Waals surface area contributed by atoms with Gasteiger partial charge in [-0.25, -0.2) is 0 Å². The summed E-state index contributed by atoms with van der Waals surface area (Å²) in [6.07, 6.45) is 4.15. The van der Waals surface area contributed by atoms with Gasteiger partial charge < -0.3 is 10.2 Å². The first-order chi connectivity index (χ1) is 10.6. The number of rotatable bonds is 4. The van der Waals surface area contributed by atoms with Gasteiger partial charge in [-0.1, -0.05) is 6.07 Å². The van der Waals surface area contributed by atoms with E-state index < -0.39 is 0 Å². The maximum Gasteiger partial charge on any atom is 0.223 e. The second kappa shape index (κ2) is 7.05. The third-order valence-electron chi connectivity index (χ3n) is 5.01. The van der Waals surface area contributed by atoms with E-state index >= 15 is 0 Å². The monoisotopic (exact) mass is 318 g/mol. The standard InChI is InChI=1S/C18H26N2OS/c1-13-3-6-17(11-14(13)2)22-10-8-18(21)20-15-4-5-16(20)12-19-9-7-15/h3,6,11,15-16,19H,4-5,7-10,12H2,1-2H3. The Hall–Kier alpha value is -1.00. The van der Waals surface area contributed by atoms with Gasteiger partial charge in [0, 0.05) is 35.7 Å². The van der Waals surface area contributed by atoms with Crippen molar-refractivity contribution in [1.82, 2.24) is 10.2 Å². The predicted octanol–water partition coefficient (Wildman–Crippen LogP) is 3.14. The van der Waals surface area contributed by atoms with E-state index in [1.165, 1.54) is 28.9 Å². The molecule has 2 fully saturated rings. The summed E-state index contributed by atoms with van der Waals surface area (Å²) in [5.74, 6) is 1.23. The van der Waals surface area contributed by atoms with Gasteiger partial charge in [0.25, 0.3) is 0 Å². The lowest BCUT2D eigenvalue weighted by molar-refractivity contribution is -0.133. The van der Waals surface area contributed by atoms with Gasteiger partial charge in [0.2, 0.25) is 5.91 Å². The fraction of sp³-hybridized carbons (Fsp3) is 0.611. The van der Waals surface area contributed by atoms with Crippen LogP contribution in [0.5, 0.6) is 0 Å². The average molecular weight is 318 g/mol. The summed E-state index contributed by atoms with van der Waals surface area (Å²) in [7, 11) is 0. The van der Waals surface area contributed by atoms with Crippen molar-refractivity contribution in [1.29, 1.82) is 0 Å². The second-order valence-electron chi connectivity index (χ2n) is 6.52. The van der Waals surface area contributed by atoms with Gasteiger partial charge in [-0.15, -0.1) is 11.8 Å². The molecule has 1 N–H and O–H groups in total. The molecule has 120 valence electrons. The number of thioether (sulfide) groups is 1. The Balaban J connectivity index is 1.52. The molecule has 2 atom stereocenters. The zero-order valence-electron chi connectivity index (χ0n) is 13.6. The van der Waals surface area contributed by atoms with Crippen LogP contribution in [0.15, 0.2) is 23.1 Å². The minimum absolute atomic E-state index is 0.354. The maximum absolute atomic E-state index is 12.6. The molecule has 2 saturated heterocycles. The highest BCUT2D eigenvalue weighted by molar-refractivity contribution is 7.99. The zero-order chi connectivity index (χ0) is 15.5. The molecule has 0 saturated carbocycles. The molecule has 0 aliphatic carbocycles. The van der Waals surface area contributed by atoms with E-state index in [9.17, 15) is 4.79 Å². The van der Waals surface area contributed by atoms with Crippen LogP contribution in [0, 0.1) is 13.8 Å². The number of hydrogen-bond donors (Lipinski definition) is 1. The van der Waals surface area contributed by atoms with E-state index in [0.29, 0.717) is 24.4 Å². The molecule has 0 spiro atoms. The van der Waals surface area contributed by atoms with Crippen molar-refractivity contribution in [2.45, 2.75) is 56.5 Å². The van der Waals surface area contributed by atoms with Crippen LogP contribution >= 0.6 is 11.8 Å². The SMILES string of the molecule is Cc1ccc(SCCC(=O)N2C3CCNCC2CC3)cc1C. The minimum Gasteiger partial charge on any atom is -0.335 e. The summed E-state index contributed by atoms with van der Waals surface area (Å²) in [4.78, 5) is 16.1. The minimum atomic E-state index is 0.354. The van der Waals surface area contributed by atoms with Crippen LogP contribution in [0.4, 0.5) is 0 Å². The number of nitrogens with one attached hydrogen (secondary N) is 1. The molecular formula is C18H26N2OS. The van der Waals surface area contributed by atoms with Crippen molar-refractivity contribution < 1.29 is 4.79 Å². The number of fused-ring (bicyclic) bond motifs is 2. The topological polar surface area (TPSA) is 32.3 Å². The fourth-order valence-electron chi connectivity index (χ4n) is 3.58. The van der Waals surface area contributed by atoms with Crippen LogP contribution in [0.25, 0.3) is 0 Å². The van der Waals surface area contributed by atoms with Crippen molar-refractivity contribution in [3.63, 3.8) is 0 Å². The van der Waals surface area contributed by atoms with Crippen LogP contribution in [-0.4, -0.2) is 41.7 Å². The Bertz CT molecular complexity index is 532. The third-order valence-corrected chi connectivity index (χ3v) is 6.00. The summed E-state index contributed by atoms with van der Waals surface area (Å²) in [5, 5.41) is 3.46. The number of aryl methyl sites for hydroxylation is 2. The number of carbonyl (C=O) groups is 1. The highest BCUT2D eigenvalue weighted by atomic mass is 32.2. The Labute approximate surface area is 137 Å². The van der Waals surface area contributed by atoms with E-state index in [4.69, 9.17) is 0 Å². The molecule has 0 radical (unpaired) electrons. The molecule has 4 heteroatoms. The molecule has 1 amide bonds. The number of hydrogen-bond acceptors (Lipinski definition) is 3. The van der Waals surface area contributed by atoms with Gasteiger partial charge in [-0.05, 0) is 62.9 Å². The van der Waals surface area contributed by atoms with Crippen molar-refractivity contribution in [2.75, 3.05) is 18.8 Å². The van der Waals surface area contributed by atoms with Crippen molar-refractivity contribution >= 4 is 17.7 Å². The molecule has 1 aromatic carbocycles. The van der Waals surface area contributed by atoms with Gasteiger partial charge in [0.05, 0.1) is 0 Å². The highest BCUT2D eigenvalue weighted by Crippen LogP contribution is 2.29. The molecule has 22 heavy (non-hydrogen) atoms. The van der Waals surface area contributed by atoms with Crippen molar-refractivity contribution in [2.24, 2.45) is 0 Å². The molecule has 2 aliphatic heterocycles. The van der Waals surface area contributed by atoms with Crippen molar-refractivity contribution in [3.05, 3.63) is 29.3 Å². The first kappa shape index (κ1) is 15.9. The van der Waals surface area contributed by atoms with E-state index in [1.54, 1.807) is 11.8 Å². The number of benzene rings is 1. The zero-order valence-corrected chi connectivity index (χ0v) is 14.4.